The standard InChI is InChI=1S/C23H26F4N4O3/c1-11(2)19(32)30-18-16-9-31(21-17(34-21)15(16)5-6-28-18)13(4)14-7-12(3)20(29-8-14)33-10-23(26,27)22(24)25/h5-8,11,13,17,21-22H,9-10H2,1-4H3,(H,28,30,32). The molecule has 0 bridgehead atoms. The summed E-state index contributed by atoms with van der Waals surface area (Å²) in [6.07, 6.45) is -0.983. The van der Waals surface area contributed by atoms with Crippen molar-refractivity contribution in [3.63, 3.8) is 0 Å². The van der Waals surface area contributed by atoms with Gasteiger partial charge in [0, 0.05) is 42.0 Å². The van der Waals surface area contributed by atoms with Crippen LogP contribution in [0, 0.1) is 12.8 Å². The molecule has 184 valence electrons. The molecule has 1 amide bonds. The lowest BCUT2D eigenvalue weighted by atomic mass is 9.97. The number of alkyl halides is 4. The zero-order chi connectivity index (χ0) is 24.8. The number of anilines is 1. The fourth-order valence-corrected chi connectivity index (χ4v) is 3.91. The Morgan fingerprint density at radius 1 is 1.32 bits per heavy atom. The number of amides is 1. The second-order valence-electron chi connectivity index (χ2n) is 8.91. The van der Waals surface area contributed by atoms with E-state index < -0.39 is 19.0 Å². The first kappa shape index (κ1) is 24.3. The van der Waals surface area contributed by atoms with Gasteiger partial charge in [0.2, 0.25) is 11.8 Å². The van der Waals surface area contributed by atoms with Crippen molar-refractivity contribution in [3.05, 3.63) is 46.8 Å². The average molecular weight is 482 g/mol. The fraction of sp³-hybridized carbons (Fsp3) is 0.522. The highest BCUT2D eigenvalue weighted by Gasteiger charge is 2.51. The molecule has 0 radical (unpaired) electrons. The van der Waals surface area contributed by atoms with E-state index in [1.807, 2.05) is 13.0 Å². The number of carbonyl (C=O) groups excluding carboxylic acids is 1. The third-order valence-electron chi connectivity index (χ3n) is 6.05. The second-order valence-corrected chi connectivity index (χ2v) is 8.91. The van der Waals surface area contributed by atoms with Gasteiger partial charge in [0.15, 0.2) is 6.61 Å². The van der Waals surface area contributed by atoms with Crippen molar-refractivity contribution in [2.24, 2.45) is 5.92 Å². The fourth-order valence-electron chi connectivity index (χ4n) is 3.91. The van der Waals surface area contributed by atoms with Gasteiger partial charge in [-0.1, -0.05) is 13.8 Å². The van der Waals surface area contributed by atoms with Gasteiger partial charge in [-0.15, -0.1) is 0 Å². The Labute approximate surface area is 194 Å². The number of pyridine rings is 2. The van der Waals surface area contributed by atoms with Gasteiger partial charge in [0.25, 0.3) is 0 Å². The van der Waals surface area contributed by atoms with Gasteiger partial charge < -0.3 is 14.8 Å². The molecule has 1 saturated heterocycles. The summed E-state index contributed by atoms with van der Waals surface area (Å²) in [5.41, 5.74) is 3.09. The molecule has 0 aliphatic carbocycles. The summed E-state index contributed by atoms with van der Waals surface area (Å²) in [6, 6.07) is 3.44. The van der Waals surface area contributed by atoms with Gasteiger partial charge in [0.1, 0.15) is 18.1 Å². The van der Waals surface area contributed by atoms with E-state index in [9.17, 15) is 22.4 Å². The smallest absolute Gasteiger partial charge is 0.340 e. The van der Waals surface area contributed by atoms with E-state index in [2.05, 4.69) is 20.2 Å². The molecule has 1 fully saturated rings. The number of halogens is 4. The van der Waals surface area contributed by atoms with Gasteiger partial charge in [-0.2, -0.15) is 8.78 Å². The molecule has 3 unspecified atom stereocenters. The first-order valence-corrected chi connectivity index (χ1v) is 10.9. The van der Waals surface area contributed by atoms with E-state index in [-0.39, 0.29) is 36.1 Å². The van der Waals surface area contributed by atoms with Crippen LogP contribution in [0.1, 0.15) is 55.2 Å². The molecule has 0 spiro atoms. The van der Waals surface area contributed by atoms with Crippen LogP contribution in [0.25, 0.3) is 0 Å². The van der Waals surface area contributed by atoms with Crippen LogP contribution in [0.15, 0.2) is 24.5 Å². The summed E-state index contributed by atoms with van der Waals surface area (Å²) in [4.78, 5) is 22.8. The van der Waals surface area contributed by atoms with Crippen LogP contribution < -0.4 is 10.1 Å². The van der Waals surface area contributed by atoms with Crippen molar-refractivity contribution >= 4 is 11.7 Å². The number of nitrogens with zero attached hydrogens (tertiary/aromatic N) is 3. The molecule has 1 N–H and O–H groups in total. The van der Waals surface area contributed by atoms with Gasteiger partial charge in [0.05, 0.1) is 0 Å². The first-order valence-electron chi connectivity index (χ1n) is 10.9. The van der Waals surface area contributed by atoms with Crippen LogP contribution in [-0.4, -0.2) is 46.0 Å². The summed E-state index contributed by atoms with van der Waals surface area (Å²) < 4.78 is 61.9. The Bertz CT molecular complexity index is 1080. The Morgan fingerprint density at radius 3 is 2.71 bits per heavy atom. The Kier molecular flexibility index (Phi) is 6.52. The molecule has 11 heteroatoms. The number of fused-ring (bicyclic) bond motifs is 3. The molecule has 7 nitrogen and oxygen atoms in total. The Balaban J connectivity index is 1.51. The summed E-state index contributed by atoms with van der Waals surface area (Å²) in [5, 5.41) is 2.88. The quantitative estimate of drug-likeness (QED) is 0.437. The minimum absolute atomic E-state index is 0.122. The number of aromatic nitrogens is 2. The molecule has 2 aliphatic heterocycles. The second kappa shape index (κ2) is 9.10. The van der Waals surface area contributed by atoms with Gasteiger partial charge in [-0.25, -0.2) is 18.7 Å². The van der Waals surface area contributed by atoms with Gasteiger partial charge in [-0.05, 0) is 37.1 Å². The Hall–Kier alpha value is -2.79. The number of rotatable bonds is 8. The van der Waals surface area contributed by atoms with Crippen molar-refractivity contribution < 1.29 is 31.8 Å². The maximum absolute atomic E-state index is 13.2. The number of carbonyl (C=O) groups is 1. The summed E-state index contributed by atoms with van der Waals surface area (Å²) in [7, 11) is 0. The lowest BCUT2D eigenvalue weighted by Gasteiger charge is -2.32. The van der Waals surface area contributed by atoms with E-state index in [1.54, 1.807) is 33.0 Å². The molecule has 0 aromatic carbocycles. The van der Waals surface area contributed by atoms with Crippen molar-refractivity contribution in [1.29, 1.82) is 0 Å². The van der Waals surface area contributed by atoms with Crippen LogP contribution in [-0.2, 0) is 16.1 Å². The predicted molar refractivity (Wildman–Crippen MR) is 115 cm³/mol. The SMILES string of the molecule is Cc1cc(C(C)N2Cc3c(ccnc3NC(=O)C(C)C)C3OC32)cnc1OCC(F)(F)C(F)F. The maximum Gasteiger partial charge on any atom is 0.340 e. The molecule has 34 heavy (non-hydrogen) atoms. The van der Waals surface area contributed by atoms with E-state index in [1.165, 1.54) is 6.20 Å². The van der Waals surface area contributed by atoms with E-state index in [0.29, 0.717) is 17.9 Å². The number of hydrogen-bond acceptors (Lipinski definition) is 6. The van der Waals surface area contributed by atoms with Crippen molar-refractivity contribution in [1.82, 2.24) is 14.9 Å². The molecule has 2 aliphatic rings. The molecule has 2 aromatic heterocycles. The highest BCUT2D eigenvalue weighted by atomic mass is 19.3. The number of ether oxygens (including phenoxy) is 2. The lowest BCUT2D eigenvalue weighted by Crippen LogP contribution is -2.34. The molecule has 3 atom stereocenters. The van der Waals surface area contributed by atoms with Crippen LogP contribution in [0.2, 0.25) is 0 Å². The average Bonchev–Trinajstić information content (AvgIpc) is 3.58. The monoisotopic (exact) mass is 482 g/mol. The Morgan fingerprint density at radius 2 is 2.06 bits per heavy atom. The summed E-state index contributed by atoms with van der Waals surface area (Å²) in [5.74, 6) is -4.20. The first-order chi connectivity index (χ1) is 16.0. The predicted octanol–water partition coefficient (Wildman–Crippen LogP) is 4.63. The van der Waals surface area contributed by atoms with Gasteiger partial charge >= 0.3 is 12.3 Å². The van der Waals surface area contributed by atoms with E-state index in [0.717, 1.165) is 16.7 Å². The van der Waals surface area contributed by atoms with Crippen LogP contribution in [0.4, 0.5) is 23.4 Å². The third-order valence-corrected chi connectivity index (χ3v) is 6.05. The third kappa shape index (κ3) is 4.72. The highest BCUT2D eigenvalue weighted by molar-refractivity contribution is 5.92. The minimum Gasteiger partial charge on any atom is -0.471 e. The zero-order valence-corrected chi connectivity index (χ0v) is 19.2. The molecular weight excluding hydrogens is 456 g/mol. The number of hydrogen-bond donors (Lipinski definition) is 1. The molecule has 2 aromatic rings. The number of nitrogens with one attached hydrogen (secondary N) is 1. The molecule has 4 rings (SSSR count). The summed E-state index contributed by atoms with van der Waals surface area (Å²) in [6.45, 7) is 6.19. The molecule has 4 heterocycles. The van der Waals surface area contributed by atoms with Crippen molar-refractivity contribution in [2.75, 3.05) is 11.9 Å². The van der Waals surface area contributed by atoms with Crippen LogP contribution >= 0.6 is 0 Å². The maximum atomic E-state index is 13.2. The van der Waals surface area contributed by atoms with Crippen LogP contribution in [0.3, 0.4) is 0 Å². The lowest BCUT2D eigenvalue weighted by molar-refractivity contribution is -0.148. The topological polar surface area (TPSA) is 79.9 Å². The minimum atomic E-state index is -4.25. The zero-order valence-electron chi connectivity index (χ0n) is 19.2. The largest absolute Gasteiger partial charge is 0.471 e. The molecule has 0 saturated carbocycles. The summed E-state index contributed by atoms with van der Waals surface area (Å²) >= 11 is 0. The highest BCUT2D eigenvalue weighted by Crippen LogP contribution is 2.51. The molecular formula is C23H26F4N4O3. The van der Waals surface area contributed by atoms with Gasteiger partial charge in [-0.3, -0.25) is 9.69 Å². The van der Waals surface area contributed by atoms with E-state index in [4.69, 9.17) is 9.47 Å². The van der Waals surface area contributed by atoms with E-state index >= 15 is 0 Å². The normalized spacial score (nSPS) is 20.6. The number of aryl methyl sites for hydroxylation is 1. The van der Waals surface area contributed by atoms with Crippen molar-refractivity contribution in [3.8, 4) is 5.88 Å². The van der Waals surface area contributed by atoms with Crippen molar-refractivity contribution in [2.45, 2.75) is 65.0 Å². The van der Waals surface area contributed by atoms with Crippen LogP contribution in [0.5, 0.6) is 5.88 Å². The number of epoxide rings is 1.